The molecule has 2 fully saturated rings. The normalized spacial score (nSPS) is 23.0. The second-order valence-electron chi connectivity index (χ2n) is 6.69. The Morgan fingerprint density at radius 3 is 2.24 bits per heavy atom. The quantitative estimate of drug-likeness (QED) is 0.735. The number of rotatable bonds is 0. The van der Waals surface area contributed by atoms with Crippen LogP contribution in [0.25, 0.3) is 0 Å². The number of benzene rings is 1. The number of ether oxygens (including phenoxy) is 1. The average molecular weight is 289 g/mol. The maximum Gasteiger partial charge on any atom is 0.417 e. The second kappa shape index (κ2) is 5.88. The molecule has 0 spiro atoms. The molecule has 1 heterocycles. The van der Waals surface area contributed by atoms with Crippen LogP contribution < -0.4 is 0 Å². The number of hydrogen-bond donors (Lipinski definition) is 0. The lowest BCUT2D eigenvalue weighted by Crippen LogP contribution is -2.39. The fourth-order valence-electron chi connectivity index (χ4n) is 2.29. The molecular weight excluding hydrogens is 266 g/mol. The number of likely N-dealkylation sites (tertiary alicyclic amines) is 1. The van der Waals surface area contributed by atoms with Crippen molar-refractivity contribution < 1.29 is 14.3 Å². The van der Waals surface area contributed by atoms with Crippen molar-refractivity contribution in [1.82, 2.24) is 4.90 Å². The van der Waals surface area contributed by atoms with E-state index >= 15 is 0 Å². The van der Waals surface area contributed by atoms with Crippen molar-refractivity contribution in [3.8, 4) is 0 Å². The first kappa shape index (κ1) is 15.5. The van der Waals surface area contributed by atoms with Gasteiger partial charge in [-0.2, -0.15) is 0 Å². The highest BCUT2D eigenvalue weighted by molar-refractivity contribution is 5.97. The van der Waals surface area contributed by atoms with Crippen LogP contribution in [0, 0.1) is 18.8 Å². The molecule has 1 aromatic rings. The molecule has 1 aliphatic carbocycles. The predicted octanol–water partition coefficient (Wildman–Crippen LogP) is 3.39. The van der Waals surface area contributed by atoms with Crippen molar-refractivity contribution in [1.29, 1.82) is 0 Å². The molecule has 2 aliphatic rings. The average Bonchev–Trinajstić information content (AvgIpc) is 3.07. The van der Waals surface area contributed by atoms with E-state index in [-0.39, 0.29) is 11.8 Å². The van der Waals surface area contributed by atoms with Gasteiger partial charge in [-0.15, -0.1) is 0 Å². The van der Waals surface area contributed by atoms with Gasteiger partial charge >= 0.3 is 6.09 Å². The van der Waals surface area contributed by atoms with Crippen LogP contribution in [-0.2, 0) is 9.53 Å². The summed E-state index contributed by atoms with van der Waals surface area (Å²) in [5, 5.41) is 0. The number of hydrogen-bond acceptors (Lipinski definition) is 3. The van der Waals surface area contributed by atoms with Crippen molar-refractivity contribution in [2.75, 3.05) is 6.54 Å². The molecule has 1 saturated carbocycles. The number of fused-ring (bicyclic) bond motifs is 1. The molecule has 4 nitrogen and oxygen atoms in total. The summed E-state index contributed by atoms with van der Waals surface area (Å²) in [6.07, 6.45) is 0.465. The Hall–Kier alpha value is -1.84. The Bertz CT molecular complexity index is 519. The van der Waals surface area contributed by atoms with E-state index in [9.17, 15) is 9.59 Å². The van der Waals surface area contributed by atoms with Crippen LogP contribution in [0.5, 0.6) is 0 Å². The Labute approximate surface area is 126 Å². The van der Waals surface area contributed by atoms with Crippen molar-refractivity contribution in [3.63, 3.8) is 0 Å². The van der Waals surface area contributed by atoms with E-state index in [0.717, 1.165) is 6.42 Å². The summed E-state index contributed by atoms with van der Waals surface area (Å²) in [7, 11) is 0. The third-order valence-corrected chi connectivity index (χ3v) is 3.48. The van der Waals surface area contributed by atoms with Gasteiger partial charge in [-0.3, -0.25) is 4.79 Å². The van der Waals surface area contributed by atoms with Crippen LogP contribution in [0.15, 0.2) is 30.3 Å². The first-order valence-corrected chi connectivity index (χ1v) is 7.34. The summed E-state index contributed by atoms with van der Waals surface area (Å²) in [6, 6.07) is 10.3. The van der Waals surface area contributed by atoms with Gasteiger partial charge in [0.15, 0.2) is 0 Å². The van der Waals surface area contributed by atoms with Gasteiger partial charge in [-0.1, -0.05) is 35.9 Å². The summed E-state index contributed by atoms with van der Waals surface area (Å²) < 4.78 is 5.13. The maximum atomic E-state index is 11.5. The van der Waals surface area contributed by atoms with Crippen molar-refractivity contribution >= 4 is 12.0 Å². The molecule has 2 amide bonds. The van der Waals surface area contributed by atoms with Crippen molar-refractivity contribution in [2.24, 2.45) is 11.8 Å². The third kappa shape index (κ3) is 4.31. The zero-order chi connectivity index (χ0) is 15.6. The highest BCUT2D eigenvalue weighted by atomic mass is 16.6. The zero-order valence-corrected chi connectivity index (χ0v) is 13.1. The second-order valence-corrected chi connectivity index (χ2v) is 6.69. The largest absolute Gasteiger partial charge is 0.443 e. The zero-order valence-electron chi connectivity index (χ0n) is 13.1. The van der Waals surface area contributed by atoms with E-state index < -0.39 is 11.7 Å². The van der Waals surface area contributed by atoms with Crippen LogP contribution in [-0.4, -0.2) is 29.0 Å². The number of nitrogens with zero attached hydrogens (tertiary/aromatic N) is 1. The fraction of sp³-hybridized carbons (Fsp3) is 0.529. The molecule has 0 aromatic heterocycles. The molecule has 0 N–H and O–H groups in total. The molecule has 0 radical (unpaired) electrons. The number of carbonyl (C=O) groups is 2. The molecule has 1 aliphatic heterocycles. The number of aryl methyl sites for hydroxylation is 1. The summed E-state index contributed by atoms with van der Waals surface area (Å²) in [5.41, 5.74) is 0.798. The van der Waals surface area contributed by atoms with Gasteiger partial charge in [0.05, 0.1) is 0 Å². The van der Waals surface area contributed by atoms with E-state index in [0.29, 0.717) is 12.5 Å². The lowest BCUT2D eigenvalue weighted by molar-refractivity contribution is -0.129. The summed E-state index contributed by atoms with van der Waals surface area (Å²) in [4.78, 5) is 24.3. The number of carbonyl (C=O) groups excluding carboxylic acids is 2. The lowest BCUT2D eigenvalue weighted by atomic mass is 10.2. The minimum atomic E-state index is -0.524. The number of piperidine rings is 1. The van der Waals surface area contributed by atoms with Gasteiger partial charge in [0.1, 0.15) is 5.60 Å². The van der Waals surface area contributed by atoms with Crippen molar-refractivity contribution in [3.05, 3.63) is 35.9 Å². The Balaban J connectivity index is 0.000000194. The molecular formula is C17H23NO3. The molecule has 1 saturated heterocycles. The Morgan fingerprint density at radius 2 is 1.86 bits per heavy atom. The maximum absolute atomic E-state index is 11.5. The topological polar surface area (TPSA) is 46.6 Å². The van der Waals surface area contributed by atoms with Crippen LogP contribution >= 0.6 is 0 Å². The minimum Gasteiger partial charge on any atom is -0.443 e. The summed E-state index contributed by atoms with van der Waals surface area (Å²) >= 11 is 0. The Kier molecular flexibility index (Phi) is 4.35. The van der Waals surface area contributed by atoms with E-state index in [1.165, 1.54) is 10.5 Å². The first-order chi connectivity index (χ1) is 9.78. The van der Waals surface area contributed by atoms with E-state index in [2.05, 4.69) is 19.1 Å². The Morgan fingerprint density at radius 1 is 1.24 bits per heavy atom. The van der Waals surface area contributed by atoms with E-state index in [4.69, 9.17) is 4.74 Å². The summed E-state index contributed by atoms with van der Waals surface area (Å²) in [6.45, 7) is 8.03. The monoisotopic (exact) mass is 289 g/mol. The van der Waals surface area contributed by atoms with Crippen LogP contribution in [0.2, 0.25) is 0 Å². The smallest absolute Gasteiger partial charge is 0.417 e. The molecule has 0 bridgehead atoms. The molecule has 4 heteroatoms. The van der Waals surface area contributed by atoms with Gasteiger partial charge < -0.3 is 4.74 Å². The summed E-state index contributed by atoms with van der Waals surface area (Å²) in [5.74, 6) is 0.474. The van der Waals surface area contributed by atoms with Crippen molar-refractivity contribution in [2.45, 2.75) is 39.7 Å². The fourth-order valence-corrected chi connectivity index (χ4v) is 2.29. The molecule has 114 valence electrons. The van der Waals surface area contributed by atoms with Crippen LogP contribution in [0.4, 0.5) is 4.79 Å². The van der Waals surface area contributed by atoms with Gasteiger partial charge in [0.2, 0.25) is 5.91 Å². The highest BCUT2D eigenvalue weighted by Crippen LogP contribution is 2.46. The molecule has 3 rings (SSSR count). The van der Waals surface area contributed by atoms with E-state index in [1.807, 2.05) is 18.2 Å². The molecule has 2 atom stereocenters. The van der Waals surface area contributed by atoms with Crippen LogP contribution in [0.1, 0.15) is 32.8 Å². The minimum absolute atomic E-state index is 0.0516. The predicted molar refractivity (Wildman–Crippen MR) is 80.7 cm³/mol. The molecule has 21 heavy (non-hydrogen) atoms. The van der Waals surface area contributed by atoms with Gasteiger partial charge in [-0.25, -0.2) is 9.69 Å². The molecule has 2 unspecified atom stereocenters. The highest BCUT2D eigenvalue weighted by Gasteiger charge is 2.54. The van der Waals surface area contributed by atoms with Gasteiger partial charge in [-0.05, 0) is 40.0 Å². The van der Waals surface area contributed by atoms with Gasteiger partial charge in [0.25, 0.3) is 0 Å². The first-order valence-electron chi connectivity index (χ1n) is 7.34. The molecule has 1 aromatic carbocycles. The third-order valence-electron chi connectivity index (χ3n) is 3.48. The van der Waals surface area contributed by atoms with Crippen LogP contribution in [0.3, 0.4) is 0 Å². The number of imide groups is 1. The lowest BCUT2D eigenvalue weighted by Gasteiger charge is -2.24. The van der Waals surface area contributed by atoms with Gasteiger partial charge in [0, 0.05) is 12.5 Å². The SMILES string of the molecule is CC(C)(C)OC(=O)N1CC2CC2C1=O.Cc1ccccc1. The number of amides is 2. The van der Waals surface area contributed by atoms with E-state index in [1.54, 1.807) is 20.8 Å². The standard InChI is InChI=1S/C10H15NO3.C7H8/c1-10(2,3)14-9(13)11-5-6-4-7(6)8(11)12;1-7-5-3-2-4-6-7/h6-7H,4-5H2,1-3H3;2-6H,1H3.